The van der Waals surface area contributed by atoms with Crippen molar-refractivity contribution in [2.45, 2.75) is 19.0 Å². The number of anilines is 1. The van der Waals surface area contributed by atoms with E-state index in [0.717, 1.165) is 28.7 Å². The predicted molar refractivity (Wildman–Crippen MR) is 106 cm³/mol. The van der Waals surface area contributed by atoms with Gasteiger partial charge in [-0.2, -0.15) is 0 Å². The van der Waals surface area contributed by atoms with Gasteiger partial charge >= 0.3 is 0 Å². The van der Waals surface area contributed by atoms with Gasteiger partial charge in [-0.05, 0) is 49.8 Å². The molecule has 3 rings (SSSR count). The number of carbonyl (C=O) groups excluding carboxylic acids is 1. The SMILES string of the molecule is CN(C)CC(=O)N1Cc2cc(Br)ccc2NCC1Cc1ccccc1. The van der Waals surface area contributed by atoms with Crippen molar-refractivity contribution in [3.8, 4) is 0 Å². The zero-order valence-corrected chi connectivity index (χ0v) is 16.3. The van der Waals surface area contributed by atoms with Crippen LogP contribution in [-0.2, 0) is 17.8 Å². The van der Waals surface area contributed by atoms with Gasteiger partial charge in [0, 0.05) is 23.2 Å². The summed E-state index contributed by atoms with van der Waals surface area (Å²) in [5.41, 5.74) is 3.52. The lowest BCUT2D eigenvalue weighted by Crippen LogP contribution is -2.46. The number of hydrogen-bond acceptors (Lipinski definition) is 3. The third kappa shape index (κ3) is 4.61. The fourth-order valence-corrected chi connectivity index (χ4v) is 3.65. The number of nitrogens with one attached hydrogen (secondary N) is 1. The molecule has 1 aliphatic heterocycles. The summed E-state index contributed by atoms with van der Waals surface area (Å²) in [6.07, 6.45) is 0.849. The van der Waals surface area contributed by atoms with E-state index in [9.17, 15) is 4.79 Å². The van der Waals surface area contributed by atoms with Crippen molar-refractivity contribution in [2.75, 3.05) is 32.5 Å². The van der Waals surface area contributed by atoms with Gasteiger partial charge in [0.15, 0.2) is 0 Å². The van der Waals surface area contributed by atoms with Crippen LogP contribution in [0, 0.1) is 0 Å². The Kier molecular flexibility index (Phi) is 5.76. The minimum Gasteiger partial charge on any atom is -0.383 e. The van der Waals surface area contributed by atoms with Crippen molar-refractivity contribution in [3.63, 3.8) is 0 Å². The van der Waals surface area contributed by atoms with Crippen molar-refractivity contribution in [3.05, 3.63) is 64.1 Å². The largest absolute Gasteiger partial charge is 0.383 e. The fraction of sp³-hybridized carbons (Fsp3) is 0.350. The molecule has 0 saturated carbocycles. The number of halogens is 1. The summed E-state index contributed by atoms with van der Waals surface area (Å²) in [7, 11) is 3.87. The van der Waals surface area contributed by atoms with Crippen LogP contribution in [0.2, 0.25) is 0 Å². The third-order valence-electron chi connectivity index (χ3n) is 4.46. The molecule has 4 nitrogen and oxygen atoms in total. The highest BCUT2D eigenvalue weighted by atomic mass is 79.9. The quantitative estimate of drug-likeness (QED) is 0.852. The summed E-state index contributed by atoms with van der Waals surface area (Å²) in [6.45, 7) is 1.81. The number of amides is 1. The van der Waals surface area contributed by atoms with Crippen LogP contribution in [0.25, 0.3) is 0 Å². The number of carbonyl (C=O) groups is 1. The Morgan fingerprint density at radius 1 is 1.24 bits per heavy atom. The second-order valence-corrected chi connectivity index (χ2v) is 7.70. The first-order valence-corrected chi connectivity index (χ1v) is 9.32. The third-order valence-corrected chi connectivity index (χ3v) is 4.96. The van der Waals surface area contributed by atoms with Crippen LogP contribution >= 0.6 is 15.9 Å². The van der Waals surface area contributed by atoms with Gasteiger partial charge in [0.25, 0.3) is 0 Å². The fourth-order valence-electron chi connectivity index (χ4n) is 3.24. The molecule has 0 radical (unpaired) electrons. The predicted octanol–water partition coefficient (Wildman–Crippen LogP) is 3.38. The van der Waals surface area contributed by atoms with Gasteiger partial charge in [0.05, 0.1) is 12.6 Å². The molecule has 2 aromatic carbocycles. The molecule has 1 unspecified atom stereocenters. The smallest absolute Gasteiger partial charge is 0.237 e. The summed E-state index contributed by atoms with van der Waals surface area (Å²) in [4.78, 5) is 16.9. The van der Waals surface area contributed by atoms with E-state index >= 15 is 0 Å². The molecule has 132 valence electrons. The van der Waals surface area contributed by atoms with E-state index in [2.05, 4.69) is 57.6 Å². The van der Waals surface area contributed by atoms with Crippen LogP contribution in [0.1, 0.15) is 11.1 Å². The number of nitrogens with zero attached hydrogens (tertiary/aromatic N) is 2. The second-order valence-electron chi connectivity index (χ2n) is 6.79. The van der Waals surface area contributed by atoms with Gasteiger partial charge < -0.3 is 15.1 Å². The van der Waals surface area contributed by atoms with Crippen LogP contribution in [-0.4, -0.2) is 48.9 Å². The van der Waals surface area contributed by atoms with Crippen molar-refractivity contribution in [2.24, 2.45) is 0 Å². The maximum absolute atomic E-state index is 12.9. The molecule has 0 aromatic heterocycles. The highest BCUT2D eigenvalue weighted by Gasteiger charge is 2.28. The van der Waals surface area contributed by atoms with Gasteiger partial charge in [0.2, 0.25) is 5.91 Å². The minimum atomic E-state index is 0.126. The molecule has 25 heavy (non-hydrogen) atoms. The lowest BCUT2D eigenvalue weighted by atomic mass is 10.0. The van der Waals surface area contributed by atoms with Gasteiger partial charge in [-0.15, -0.1) is 0 Å². The summed E-state index contributed by atoms with van der Waals surface area (Å²) < 4.78 is 1.04. The van der Waals surface area contributed by atoms with E-state index in [0.29, 0.717) is 13.1 Å². The van der Waals surface area contributed by atoms with E-state index in [4.69, 9.17) is 0 Å². The van der Waals surface area contributed by atoms with Crippen molar-refractivity contribution in [1.82, 2.24) is 9.80 Å². The maximum atomic E-state index is 12.9. The average Bonchev–Trinajstić information content (AvgIpc) is 2.75. The van der Waals surface area contributed by atoms with Gasteiger partial charge in [-0.3, -0.25) is 4.79 Å². The first kappa shape index (κ1) is 18.0. The Morgan fingerprint density at radius 2 is 2.00 bits per heavy atom. The van der Waals surface area contributed by atoms with Crippen LogP contribution < -0.4 is 5.32 Å². The Balaban J connectivity index is 1.88. The Hall–Kier alpha value is -1.85. The second kappa shape index (κ2) is 8.02. The van der Waals surface area contributed by atoms with Gasteiger partial charge in [0.1, 0.15) is 0 Å². The molecule has 1 heterocycles. The molecule has 5 heteroatoms. The monoisotopic (exact) mass is 401 g/mol. The van der Waals surface area contributed by atoms with Gasteiger partial charge in [-0.25, -0.2) is 0 Å². The summed E-state index contributed by atoms with van der Waals surface area (Å²) >= 11 is 3.54. The highest BCUT2D eigenvalue weighted by molar-refractivity contribution is 9.10. The first-order valence-electron chi connectivity index (χ1n) is 8.53. The molecule has 1 amide bonds. The molecule has 1 atom stereocenters. The molecule has 2 aromatic rings. The molecular weight excluding hydrogens is 378 g/mol. The Bertz CT molecular complexity index is 733. The zero-order valence-electron chi connectivity index (χ0n) is 14.7. The maximum Gasteiger partial charge on any atom is 0.237 e. The standard InChI is InChI=1S/C20H24BrN3O/c1-23(2)14-20(25)24-13-16-11-17(21)8-9-19(16)22-12-18(24)10-15-6-4-3-5-7-15/h3-9,11,18,22H,10,12-14H2,1-2H3. The number of hydrogen-bond donors (Lipinski definition) is 1. The topological polar surface area (TPSA) is 35.6 Å². The molecule has 0 aliphatic carbocycles. The highest BCUT2D eigenvalue weighted by Crippen LogP contribution is 2.27. The van der Waals surface area contributed by atoms with E-state index in [1.165, 1.54) is 5.56 Å². The molecule has 0 spiro atoms. The van der Waals surface area contributed by atoms with Crippen LogP contribution in [0.3, 0.4) is 0 Å². The molecule has 0 fully saturated rings. The number of rotatable bonds is 4. The van der Waals surface area contributed by atoms with Crippen molar-refractivity contribution < 1.29 is 4.79 Å². The lowest BCUT2D eigenvalue weighted by molar-refractivity contribution is -0.134. The van der Waals surface area contributed by atoms with Crippen LogP contribution in [0.15, 0.2) is 53.0 Å². The lowest BCUT2D eigenvalue weighted by Gasteiger charge is -2.31. The number of benzene rings is 2. The van der Waals surface area contributed by atoms with E-state index in [-0.39, 0.29) is 11.9 Å². The number of likely N-dealkylation sites (N-methyl/N-ethyl adjacent to an activating group) is 1. The average molecular weight is 402 g/mol. The minimum absolute atomic E-state index is 0.126. The van der Waals surface area contributed by atoms with E-state index in [1.807, 2.05) is 36.0 Å². The van der Waals surface area contributed by atoms with E-state index in [1.54, 1.807) is 0 Å². The normalized spacial score (nSPS) is 17.0. The zero-order chi connectivity index (χ0) is 17.8. The summed E-state index contributed by atoms with van der Waals surface area (Å²) in [6, 6.07) is 16.7. The summed E-state index contributed by atoms with van der Waals surface area (Å²) in [5, 5.41) is 3.53. The Morgan fingerprint density at radius 3 is 2.72 bits per heavy atom. The molecule has 0 saturated heterocycles. The van der Waals surface area contributed by atoms with Crippen LogP contribution in [0.4, 0.5) is 5.69 Å². The number of fused-ring (bicyclic) bond motifs is 1. The van der Waals surface area contributed by atoms with Gasteiger partial charge in [-0.1, -0.05) is 46.3 Å². The molecule has 0 bridgehead atoms. The van der Waals surface area contributed by atoms with Crippen molar-refractivity contribution >= 4 is 27.5 Å². The molecular formula is C20H24BrN3O. The first-order chi connectivity index (χ1) is 12.0. The summed E-state index contributed by atoms with van der Waals surface area (Å²) in [5.74, 6) is 0.167. The van der Waals surface area contributed by atoms with Crippen molar-refractivity contribution in [1.29, 1.82) is 0 Å². The Labute approximate surface area is 158 Å². The molecule has 1 N–H and O–H groups in total. The van der Waals surface area contributed by atoms with E-state index < -0.39 is 0 Å². The molecule has 1 aliphatic rings. The van der Waals surface area contributed by atoms with Crippen LogP contribution in [0.5, 0.6) is 0 Å².